The van der Waals surface area contributed by atoms with Gasteiger partial charge in [0.2, 0.25) is 10.0 Å². The zero-order valence-corrected chi connectivity index (χ0v) is 15.1. The molecule has 136 valence electrons. The van der Waals surface area contributed by atoms with Gasteiger partial charge in [-0.1, -0.05) is 12.1 Å². The van der Waals surface area contributed by atoms with E-state index in [-0.39, 0.29) is 11.5 Å². The number of esters is 1. The highest BCUT2D eigenvalue weighted by Crippen LogP contribution is 2.16. The Hall–Kier alpha value is -2.89. The maximum atomic E-state index is 12.3. The lowest BCUT2D eigenvalue weighted by atomic mass is 10.2. The lowest BCUT2D eigenvalue weighted by molar-refractivity contribution is -0.146. The van der Waals surface area contributed by atoms with Crippen LogP contribution in [0.15, 0.2) is 53.4 Å². The largest absolute Gasteiger partial charge is 0.497 e. The fourth-order valence-electron chi connectivity index (χ4n) is 2.06. The van der Waals surface area contributed by atoms with E-state index in [2.05, 4.69) is 4.72 Å². The zero-order chi connectivity index (χ0) is 19.2. The number of rotatable bonds is 7. The maximum Gasteiger partial charge on any atom is 0.324 e. The fourth-order valence-corrected chi connectivity index (χ4v) is 3.25. The van der Waals surface area contributed by atoms with Gasteiger partial charge in [0.15, 0.2) is 0 Å². The molecule has 7 nitrogen and oxygen atoms in total. The molecule has 0 aliphatic carbocycles. The summed E-state index contributed by atoms with van der Waals surface area (Å²) in [4.78, 5) is 12.0. The molecule has 0 amide bonds. The Labute approximate surface area is 152 Å². The van der Waals surface area contributed by atoms with Gasteiger partial charge in [-0.25, -0.2) is 8.42 Å². The third-order valence-electron chi connectivity index (χ3n) is 3.52. The number of carbonyl (C=O) groups excluding carboxylic acids is 1. The third kappa shape index (κ3) is 5.05. The van der Waals surface area contributed by atoms with Gasteiger partial charge in [0.1, 0.15) is 18.4 Å². The summed E-state index contributed by atoms with van der Waals surface area (Å²) in [7, 11) is -2.38. The molecule has 2 aromatic rings. The second kappa shape index (κ2) is 8.47. The smallest absolute Gasteiger partial charge is 0.324 e. The first-order chi connectivity index (χ1) is 12.4. The summed E-state index contributed by atoms with van der Waals surface area (Å²) in [5.41, 5.74) is 1.20. The lowest BCUT2D eigenvalue weighted by Gasteiger charge is -2.14. The average molecular weight is 374 g/mol. The van der Waals surface area contributed by atoms with Gasteiger partial charge in [-0.05, 0) is 48.9 Å². The summed E-state index contributed by atoms with van der Waals surface area (Å²) < 4.78 is 37.0. The Kier molecular flexibility index (Phi) is 6.33. The second-order valence-electron chi connectivity index (χ2n) is 5.43. The van der Waals surface area contributed by atoms with Crippen LogP contribution in [0.3, 0.4) is 0 Å². The van der Waals surface area contributed by atoms with Gasteiger partial charge in [-0.3, -0.25) is 4.79 Å². The van der Waals surface area contributed by atoms with Crippen molar-refractivity contribution in [2.75, 3.05) is 7.11 Å². The molecule has 0 aliphatic rings. The molecule has 0 unspecified atom stereocenters. The molecule has 0 aromatic heterocycles. The molecule has 0 spiro atoms. The number of methoxy groups -OCH3 is 1. The first-order valence-corrected chi connectivity index (χ1v) is 9.16. The molecule has 0 saturated carbocycles. The summed E-state index contributed by atoms with van der Waals surface area (Å²) in [6.07, 6.45) is 0. The zero-order valence-electron chi connectivity index (χ0n) is 14.3. The van der Waals surface area contributed by atoms with Crippen molar-refractivity contribution < 1.29 is 22.7 Å². The van der Waals surface area contributed by atoms with Gasteiger partial charge in [0.05, 0.1) is 23.6 Å². The van der Waals surface area contributed by atoms with Crippen LogP contribution in [0.1, 0.15) is 18.1 Å². The van der Waals surface area contributed by atoms with E-state index in [4.69, 9.17) is 14.7 Å². The molecule has 1 N–H and O–H groups in total. The average Bonchev–Trinajstić information content (AvgIpc) is 2.66. The van der Waals surface area contributed by atoms with E-state index in [0.717, 1.165) is 0 Å². The van der Waals surface area contributed by atoms with Crippen molar-refractivity contribution in [1.29, 1.82) is 5.26 Å². The summed E-state index contributed by atoms with van der Waals surface area (Å²) in [5.74, 6) is -0.176. The Morgan fingerprint density at radius 1 is 1.15 bits per heavy atom. The minimum atomic E-state index is -3.86. The molecule has 2 aromatic carbocycles. The molecule has 1 atom stereocenters. The van der Waals surface area contributed by atoms with E-state index in [0.29, 0.717) is 16.9 Å². The van der Waals surface area contributed by atoms with Crippen LogP contribution < -0.4 is 9.46 Å². The highest BCUT2D eigenvalue weighted by Gasteiger charge is 2.23. The molecular formula is C18H18N2O5S. The number of hydrogen-bond acceptors (Lipinski definition) is 6. The molecule has 8 heteroatoms. The molecule has 0 bridgehead atoms. The maximum absolute atomic E-state index is 12.3. The van der Waals surface area contributed by atoms with Crippen LogP contribution in [0.25, 0.3) is 0 Å². The van der Waals surface area contributed by atoms with Gasteiger partial charge >= 0.3 is 5.97 Å². The SMILES string of the molecule is COc1ccc(S(=O)(=O)N[C@@H](C)C(=O)OCc2ccc(C#N)cc2)cc1. The van der Waals surface area contributed by atoms with Crippen molar-refractivity contribution in [2.45, 2.75) is 24.5 Å². The van der Waals surface area contributed by atoms with Crippen molar-refractivity contribution >= 4 is 16.0 Å². The summed E-state index contributed by atoms with van der Waals surface area (Å²) in [6.45, 7) is 1.39. The molecule has 2 rings (SSSR count). The normalized spacial score (nSPS) is 12.0. The van der Waals surface area contributed by atoms with Crippen molar-refractivity contribution in [3.8, 4) is 11.8 Å². The van der Waals surface area contributed by atoms with E-state index in [1.54, 1.807) is 24.3 Å². The third-order valence-corrected chi connectivity index (χ3v) is 5.08. The number of nitrogens with zero attached hydrogens (tertiary/aromatic N) is 1. The van der Waals surface area contributed by atoms with E-state index in [1.807, 2.05) is 6.07 Å². The predicted molar refractivity (Wildman–Crippen MR) is 93.7 cm³/mol. The number of hydrogen-bond donors (Lipinski definition) is 1. The molecule has 0 heterocycles. The molecule has 0 radical (unpaired) electrons. The van der Waals surface area contributed by atoms with Crippen LogP contribution in [0, 0.1) is 11.3 Å². The highest BCUT2D eigenvalue weighted by atomic mass is 32.2. The van der Waals surface area contributed by atoms with E-state index in [9.17, 15) is 13.2 Å². The molecular weight excluding hydrogens is 356 g/mol. The van der Waals surface area contributed by atoms with Crippen LogP contribution in [0.2, 0.25) is 0 Å². The summed E-state index contributed by atoms with van der Waals surface area (Å²) in [6, 6.07) is 13.3. The van der Waals surface area contributed by atoms with Crippen LogP contribution in [-0.2, 0) is 26.2 Å². The van der Waals surface area contributed by atoms with Crippen LogP contribution in [-0.4, -0.2) is 27.5 Å². The number of nitrogens with one attached hydrogen (secondary N) is 1. The molecule has 0 fully saturated rings. The Bertz CT molecular complexity index is 900. The first kappa shape index (κ1) is 19.4. The van der Waals surface area contributed by atoms with Gasteiger partial charge in [0.25, 0.3) is 0 Å². The Balaban J connectivity index is 1.95. The van der Waals surface area contributed by atoms with Crippen LogP contribution >= 0.6 is 0 Å². The van der Waals surface area contributed by atoms with E-state index >= 15 is 0 Å². The summed E-state index contributed by atoms with van der Waals surface area (Å²) >= 11 is 0. The van der Waals surface area contributed by atoms with E-state index < -0.39 is 22.0 Å². The standard InChI is InChI=1S/C18H18N2O5S/c1-13(18(21)25-12-15-5-3-14(11-19)4-6-15)20-26(22,23)17-9-7-16(24-2)8-10-17/h3-10,13,20H,12H2,1-2H3/t13-/m0/s1. The lowest BCUT2D eigenvalue weighted by Crippen LogP contribution is -2.39. The molecule has 0 aliphatic heterocycles. The quantitative estimate of drug-likeness (QED) is 0.743. The number of ether oxygens (including phenoxy) is 2. The molecule has 26 heavy (non-hydrogen) atoms. The fraction of sp³-hybridized carbons (Fsp3) is 0.222. The number of benzene rings is 2. The Morgan fingerprint density at radius 3 is 2.31 bits per heavy atom. The number of sulfonamides is 1. The van der Waals surface area contributed by atoms with Gasteiger partial charge < -0.3 is 9.47 Å². The summed E-state index contributed by atoms with van der Waals surface area (Å²) in [5, 5.41) is 8.74. The highest BCUT2D eigenvalue weighted by molar-refractivity contribution is 7.89. The minimum Gasteiger partial charge on any atom is -0.497 e. The predicted octanol–water partition coefficient (Wildman–Crippen LogP) is 1.98. The van der Waals surface area contributed by atoms with Gasteiger partial charge in [-0.15, -0.1) is 0 Å². The van der Waals surface area contributed by atoms with Crippen molar-refractivity contribution in [3.05, 3.63) is 59.7 Å². The number of carbonyl (C=O) groups is 1. The van der Waals surface area contributed by atoms with E-state index in [1.165, 1.54) is 38.3 Å². The number of nitriles is 1. The van der Waals surface area contributed by atoms with Crippen LogP contribution in [0.4, 0.5) is 0 Å². The first-order valence-electron chi connectivity index (χ1n) is 7.68. The second-order valence-corrected chi connectivity index (χ2v) is 7.15. The van der Waals surface area contributed by atoms with Gasteiger partial charge in [-0.2, -0.15) is 9.98 Å². The Morgan fingerprint density at radius 2 is 1.77 bits per heavy atom. The van der Waals surface area contributed by atoms with Crippen molar-refractivity contribution in [3.63, 3.8) is 0 Å². The topological polar surface area (TPSA) is 105 Å². The minimum absolute atomic E-state index is 0.0147. The van der Waals surface area contributed by atoms with Crippen molar-refractivity contribution in [2.24, 2.45) is 0 Å². The molecule has 0 saturated heterocycles. The van der Waals surface area contributed by atoms with Crippen LogP contribution in [0.5, 0.6) is 5.75 Å². The van der Waals surface area contributed by atoms with Gasteiger partial charge in [0, 0.05) is 0 Å². The van der Waals surface area contributed by atoms with Crippen molar-refractivity contribution in [1.82, 2.24) is 4.72 Å². The monoisotopic (exact) mass is 374 g/mol.